The van der Waals surface area contributed by atoms with Crippen LogP contribution in [-0.2, 0) is 11.3 Å². The topological polar surface area (TPSA) is 67.4 Å². The summed E-state index contributed by atoms with van der Waals surface area (Å²) in [5.74, 6) is 0.863. The van der Waals surface area contributed by atoms with Gasteiger partial charge in [0.1, 0.15) is 10.8 Å². The molecule has 0 bridgehead atoms. The van der Waals surface area contributed by atoms with Crippen LogP contribution in [0.2, 0.25) is 0 Å². The number of aromatic nitrogens is 2. The maximum absolute atomic E-state index is 12.7. The van der Waals surface area contributed by atoms with Crippen molar-refractivity contribution in [3.05, 3.63) is 60.2 Å². The van der Waals surface area contributed by atoms with Crippen molar-refractivity contribution in [2.45, 2.75) is 19.4 Å². The van der Waals surface area contributed by atoms with E-state index in [0.29, 0.717) is 5.13 Å². The third-order valence-corrected chi connectivity index (χ3v) is 6.09. The van der Waals surface area contributed by atoms with Crippen molar-refractivity contribution in [3.8, 4) is 16.3 Å². The lowest BCUT2D eigenvalue weighted by Crippen LogP contribution is -2.37. The summed E-state index contributed by atoms with van der Waals surface area (Å²) in [6.45, 7) is 2.80. The predicted octanol–water partition coefficient (Wildman–Crippen LogP) is 4.06. The Bertz CT molecular complexity index is 935. The number of carbonyl (C=O) groups excluding carboxylic acids is 1. The number of benzene rings is 2. The molecule has 0 aliphatic carbocycles. The van der Waals surface area contributed by atoms with Gasteiger partial charge in [-0.3, -0.25) is 9.69 Å². The van der Waals surface area contributed by atoms with Crippen molar-refractivity contribution >= 4 is 22.4 Å². The SMILES string of the molecule is COc1ccc(-c2nnc(NC(=O)C3CCN(Cc4ccccc4)CC3)s2)cc1. The van der Waals surface area contributed by atoms with E-state index in [1.54, 1.807) is 7.11 Å². The minimum Gasteiger partial charge on any atom is -0.497 e. The summed E-state index contributed by atoms with van der Waals surface area (Å²) in [6, 6.07) is 18.1. The normalized spacial score (nSPS) is 15.2. The average Bonchev–Trinajstić information content (AvgIpc) is 3.23. The van der Waals surface area contributed by atoms with Gasteiger partial charge >= 0.3 is 0 Å². The van der Waals surface area contributed by atoms with Gasteiger partial charge in [0.05, 0.1) is 7.11 Å². The quantitative estimate of drug-likeness (QED) is 0.666. The van der Waals surface area contributed by atoms with Crippen molar-refractivity contribution in [2.24, 2.45) is 5.92 Å². The molecule has 2 aromatic carbocycles. The van der Waals surface area contributed by atoms with E-state index in [0.717, 1.165) is 48.8 Å². The van der Waals surface area contributed by atoms with E-state index in [2.05, 4.69) is 44.7 Å². The first-order chi connectivity index (χ1) is 14.2. The molecule has 1 aliphatic rings. The highest BCUT2D eigenvalue weighted by Crippen LogP contribution is 2.28. The van der Waals surface area contributed by atoms with Gasteiger partial charge in [0.2, 0.25) is 11.0 Å². The zero-order valence-electron chi connectivity index (χ0n) is 16.4. The molecule has 6 nitrogen and oxygen atoms in total. The van der Waals surface area contributed by atoms with Crippen LogP contribution in [0.3, 0.4) is 0 Å². The van der Waals surface area contributed by atoms with Crippen LogP contribution >= 0.6 is 11.3 Å². The number of methoxy groups -OCH3 is 1. The van der Waals surface area contributed by atoms with Crippen LogP contribution in [0.25, 0.3) is 10.6 Å². The molecule has 150 valence electrons. The van der Waals surface area contributed by atoms with Gasteiger partial charge in [-0.2, -0.15) is 0 Å². The van der Waals surface area contributed by atoms with Gasteiger partial charge in [0, 0.05) is 18.0 Å². The summed E-state index contributed by atoms with van der Waals surface area (Å²) in [6.07, 6.45) is 1.73. The highest BCUT2D eigenvalue weighted by Gasteiger charge is 2.25. The Morgan fingerprint density at radius 3 is 2.52 bits per heavy atom. The smallest absolute Gasteiger partial charge is 0.229 e. The lowest BCUT2D eigenvalue weighted by Gasteiger charge is -2.31. The van der Waals surface area contributed by atoms with Crippen LogP contribution < -0.4 is 10.1 Å². The second-order valence-electron chi connectivity index (χ2n) is 7.17. The van der Waals surface area contributed by atoms with Crippen LogP contribution in [0.4, 0.5) is 5.13 Å². The number of anilines is 1. The molecular formula is C22H24N4O2S. The van der Waals surface area contributed by atoms with Gasteiger partial charge in [-0.15, -0.1) is 10.2 Å². The third-order valence-electron chi connectivity index (χ3n) is 5.20. The summed E-state index contributed by atoms with van der Waals surface area (Å²) >= 11 is 1.39. The van der Waals surface area contributed by atoms with Crippen LogP contribution in [-0.4, -0.2) is 41.2 Å². The van der Waals surface area contributed by atoms with Crippen LogP contribution in [0.1, 0.15) is 18.4 Å². The van der Waals surface area contributed by atoms with E-state index in [9.17, 15) is 4.79 Å². The second-order valence-corrected chi connectivity index (χ2v) is 8.14. The Kier molecular flexibility index (Phi) is 6.17. The Morgan fingerprint density at radius 1 is 1.10 bits per heavy atom. The zero-order valence-corrected chi connectivity index (χ0v) is 17.2. The van der Waals surface area contributed by atoms with E-state index in [1.165, 1.54) is 16.9 Å². The van der Waals surface area contributed by atoms with Gasteiger partial charge in [0.15, 0.2) is 0 Å². The van der Waals surface area contributed by atoms with E-state index < -0.39 is 0 Å². The molecule has 0 unspecified atom stereocenters. The van der Waals surface area contributed by atoms with Gasteiger partial charge in [-0.05, 0) is 55.8 Å². The highest BCUT2D eigenvalue weighted by molar-refractivity contribution is 7.18. The summed E-state index contributed by atoms with van der Waals surface area (Å²) in [7, 11) is 1.64. The molecule has 0 atom stereocenters. The third kappa shape index (κ3) is 4.99. The standard InChI is InChI=1S/C22H24N4O2S/c1-28-19-9-7-18(8-10-19)21-24-25-22(29-21)23-20(27)17-11-13-26(14-12-17)15-16-5-3-2-4-6-16/h2-10,17H,11-15H2,1H3,(H,23,25,27). The van der Waals surface area contributed by atoms with E-state index >= 15 is 0 Å². The maximum Gasteiger partial charge on any atom is 0.229 e. The fraction of sp³-hybridized carbons (Fsp3) is 0.318. The van der Waals surface area contributed by atoms with Crippen molar-refractivity contribution in [1.82, 2.24) is 15.1 Å². The van der Waals surface area contributed by atoms with Gasteiger partial charge in [-0.1, -0.05) is 41.7 Å². The lowest BCUT2D eigenvalue weighted by atomic mass is 9.95. The molecule has 3 aromatic rings. The number of hydrogen-bond acceptors (Lipinski definition) is 6. The van der Waals surface area contributed by atoms with Crippen molar-refractivity contribution in [1.29, 1.82) is 0 Å². The Morgan fingerprint density at radius 2 is 1.83 bits per heavy atom. The minimum absolute atomic E-state index is 0.0235. The summed E-state index contributed by atoms with van der Waals surface area (Å²) in [4.78, 5) is 15.1. The monoisotopic (exact) mass is 408 g/mol. The van der Waals surface area contributed by atoms with Crippen LogP contribution in [0, 0.1) is 5.92 Å². The number of rotatable bonds is 6. The molecule has 1 aliphatic heterocycles. The van der Waals surface area contributed by atoms with Gasteiger partial charge < -0.3 is 10.1 Å². The van der Waals surface area contributed by atoms with E-state index in [1.807, 2.05) is 30.3 Å². The van der Waals surface area contributed by atoms with Crippen molar-refractivity contribution in [3.63, 3.8) is 0 Å². The minimum atomic E-state index is 0.0235. The van der Waals surface area contributed by atoms with Gasteiger partial charge in [0.25, 0.3) is 0 Å². The molecule has 29 heavy (non-hydrogen) atoms. The largest absolute Gasteiger partial charge is 0.497 e. The molecule has 0 radical (unpaired) electrons. The number of carbonyl (C=O) groups is 1. The number of piperidine rings is 1. The molecular weight excluding hydrogens is 384 g/mol. The Hall–Kier alpha value is -2.77. The molecule has 0 saturated carbocycles. The summed E-state index contributed by atoms with van der Waals surface area (Å²) in [5.41, 5.74) is 2.27. The number of nitrogens with zero attached hydrogens (tertiary/aromatic N) is 3. The molecule has 1 amide bonds. The zero-order chi connectivity index (χ0) is 20.1. The molecule has 0 spiro atoms. The Labute approximate surface area is 174 Å². The number of nitrogens with one attached hydrogen (secondary N) is 1. The first kappa shape index (κ1) is 19.5. The number of ether oxygens (including phenoxy) is 1. The number of amides is 1. The van der Waals surface area contributed by atoms with E-state index in [-0.39, 0.29) is 11.8 Å². The molecule has 2 heterocycles. The molecule has 1 fully saturated rings. The molecule has 7 heteroatoms. The molecule has 4 rings (SSSR count). The van der Waals surface area contributed by atoms with Crippen LogP contribution in [0.5, 0.6) is 5.75 Å². The van der Waals surface area contributed by atoms with Crippen LogP contribution in [0.15, 0.2) is 54.6 Å². The lowest BCUT2D eigenvalue weighted by molar-refractivity contribution is -0.121. The number of hydrogen-bond donors (Lipinski definition) is 1. The summed E-state index contributed by atoms with van der Waals surface area (Å²) in [5, 5.41) is 12.6. The van der Waals surface area contributed by atoms with Crippen molar-refractivity contribution < 1.29 is 9.53 Å². The van der Waals surface area contributed by atoms with E-state index in [4.69, 9.17) is 4.74 Å². The van der Waals surface area contributed by atoms with Gasteiger partial charge in [-0.25, -0.2) is 0 Å². The molecule has 1 aromatic heterocycles. The fourth-order valence-corrected chi connectivity index (χ4v) is 4.28. The van der Waals surface area contributed by atoms with Crippen molar-refractivity contribution in [2.75, 3.05) is 25.5 Å². The molecule has 1 saturated heterocycles. The first-order valence-electron chi connectivity index (χ1n) is 9.76. The maximum atomic E-state index is 12.7. The fourth-order valence-electron chi connectivity index (χ4n) is 3.53. The Balaban J connectivity index is 1.29. The number of likely N-dealkylation sites (tertiary alicyclic amines) is 1. The average molecular weight is 409 g/mol. The second kappa shape index (κ2) is 9.15. The summed E-state index contributed by atoms with van der Waals surface area (Å²) < 4.78 is 5.18. The first-order valence-corrected chi connectivity index (χ1v) is 10.6. The predicted molar refractivity (Wildman–Crippen MR) is 115 cm³/mol. The highest BCUT2D eigenvalue weighted by atomic mass is 32.1. The molecule has 1 N–H and O–H groups in total.